The maximum Gasteiger partial charge on any atom is 0.294 e. The van der Waals surface area contributed by atoms with Gasteiger partial charge in [0.15, 0.2) is 11.5 Å². The third kappa shape index (κ3) is 2.56. The topological polar surface area (TPSA) is 69.3 Å². The first-order valence-corrected chi connectivity index (χ1v) is 7.71. The third-order valence-corrected chi connectivity index (χ3v) is 3.88. The lowest BCUT2D eigenvalue weighted by molar-refractivity contribution is 0.171. The summed E-state index contributed by atoms with van der Waals surface area (Å²) < 4.78 is 16.5. The second kappa shape index (κ2) is 5.88. The molecule has 6 heteroatoms. The minimum absolute atomic E-state index is 0.462. The van der Waals surface area contributed by atoms with Gasteiger partial charge in [-0.3, -0.25) is 4.98 Å². The van der Waals surface area contributed by atoms with Crippen LogP contribution >= 0.6 is 0 Å². The second-order valence-corrected chi connectivity index (χ2v) is 5.51. The zero-order valence-electron chi connectivity index (χ0n) is 13.5. The molecule has 2 aromatic heterocycles. The lowest BCUT2D eigenvalue weighted by atomic mass is 10.0. The van der Waals surface area contributed by atoms with Crippen LogP contribution in [0.2, 0.25) is 0 Å². The van der Waals surface area contributed by atoms with Gasteiger partial charge in [-0.2, -0.15) is 4.98 Å². The summed E-state index contributed by atoms with van der Waals surface area (Å²) in [6, 6.07) is 10.2. The van der Waals surface area contributed by atoms with Gasteiger partial charge in [0.2, 0.25) is 0 Å². The Morgan fingerprint density at radius 2 is 1.88 bits per heavy atom. The van der Waals surface area contributed by atoms with E-state index in [0.29, 0.717) is 19.2 Å². The first-order chi connectivity index (χ1) is 11.7. The van der Waals surface area contributed by atoms with Gasteiger partial charge in [-0.05, 0) is 37.3 Å². The zero-order valence-corrected chi connectivity index (χ0v) is 13.5. The number of aryl methyl sites for hydroxylation is 1. The van der Waals surface area contributed by atoms with Crippen molar-refractivity contribution < 1.29 is 14.2 Å². The van der Waals surface area contributed by atoms with Crippen LogP contribution in [0.1, 0.15) is 5.69 Å². The average molecular weight is 323 g/mol. The highest BCUT2D eigenvalue weighted by Gasteiger charge is 2.18. The Morgan fingerprint density at radius 1 is 1.04 bits per heavy atom. The number of hydrogen-bond acceptors (Lipinski definition) is 5. The predicted molar refractivity (Wildman–Crippen MR) is 89.5 cm³/mol. The molecule has 0 radical (unpaired) electrons. The largest absolute Gasteiger partial charge is 0.486 e. The van der Waals surface area contributed by atoms with Crippen LogP contribution in [0.15, 0.2) is 36.5 Å². The number of benzene rings is 1. The SMILES string of the molecule is COc1nc(-c2ccc3c(c2)OCCO3)c(-c2ccnc(C)c2)[nH]1. The Kier molecular flexibility index (Phi) is 3.57. The van der Waals surface area contributed by atoms with Gasteiger partial charge in [0.25, 0.3) is 6.01 Å². The number of aromatic nitrogens is 3. The van der Waals surface area contributed by atoms with E-state index in [2.05, 4.69) is 15.0 Å². The van der Waals surface area contributed by atoms with E-state index in [1.807, 2.05) is 37.3 Å². The molecule has 0 amide bonds. The fourth-order valence-electron chi connectivity index (χ4n) is 2.76. The van der Waals surface area contributed by atoms with E-state index in [-0.39, 0.29) is 0 Å². The molecule has 24 heavy (non-hydrogen) atoms. The molecule has 1 aromatic carbocycles. The summed E-state index contributed by atoms with van der Waals surface area (Å²) in [5, 5.41) is 0. The average Bonchev–Trinajstić information content (AvgIpc) is 3.06. The molecule has 0 atom stereocenters. The van der Waals surface area contributed by atoms with Gasteiger partial charge in [-0.15, -0.1) is 0 Å². The van der Waals surface area contributed by atoms with E-state index in [0.717, 1.165) is 39.7 Å². The van der Waals surface area contributed by atoms with Crippen molar-refractivity contribution >= 4 is 0 Å². The van der Waals surface area contributed by atoms with E-state index in [1.54, 1.807) is 13.3 Å². The highest BCUT2D eigenvalue weighted by Crippen LogP contribution is 2.38. The summed E-state index contributed by atoms with van der Waals surface area (Å²) in [5.41, 5.74) is 4.56. The summed E-state index contributed by atoms with van der Waals surface area (Å²) in [6.07, 6.45) is 1.78. The summed E-state index contributed by atoms with van der Waals surface area (Å²) in [6.45, 7) is 3.09. The van der Waals surface area contributed by atoms with Crippen molar-refractivity contribution in [3.63, 3.8) is 0 Å². The molecular weight excluding hydrogens is 306 g/mol. The van der Waals surface area contributed by atoms with Crippen molar-refractivity contribution in [3.8, 4) is 40.0 Å². The molecule has 1 N–H and O–H groups in total. The molecule has 122 valence electrons. The number of imidazole rings is 1. The maximum absolute atomic E-state index is 5.68. The molecule has 0 saturated heterocycles. The van der Waals surface area contributed by atoms with Crippen LogP contribution in [0, 0.1) is 6.92 Å². The molecule has 0 spiro atoms. The van der Waals surface area contributed by atoms with Crippen LogP contribution in [0.4, 0.5) is 0 Å². The number of hydrogen-bond donors (Lipinski definition) is 1. The molecule has 4 rings (SSSR count). The van der Waals surface area contributed by atoms with Crippen LogP contribution in [-0.2, 0) is 0 Å². The van der Waals surface area contributed by atoms with E-state index < -0.39 is 0 Å². The van der Waals surface area contributed by atoms with Gasteiger partial charge in [0.1, 0.15) is 18.9 Å². The van der Waals surface area contributed by atoms with Crippen LogP contribution in [0.25, 0.3) is 22.5 Å². The van der Waals surface area contributed by atoms with Gasteiger partial charge in [-0.1, -0.05) is 0 Å². The van der Waals surface area contributed by atoms with Crippen molar-refractivity contribution in [2.45, 2.75) is 6.92 Å². The van der Waals surface area contributed by atoms with E-state index in [9.17, 15) is 0 Å². The van der Waals surface area contributed by atoms with Crippen molar-refractivity contribution in [3.05, 3.63) is 42.2 Å². The fraction of sp³-hybridized carbons (Fsp3) is 0.222. The first kappa shape index (κ1) is 14.6. The monoisotopic (exact) mass is 323 g/mol. The standard InChI is InChI=1S/C18H17N3O3/c1-11-9-13(5-6-19-11)17-16(20-18(21-17)22-2)12-3-4-14-15(10-12)24-8-7-23-14/h3-6,9-10H,7-8H2,1-2H3,(H,20,21). The van der Waals surface area contributed by atoms with Gasteiger partial charge in [0, 0.05) is 23.0 Å². The number of pyridine rings is 1. The zero-order chi connectivity index (χ0) is 16.5. The molecule has 0 fully saturated rings. The maximum atomic E-state index is 5.68. The van der Waals surface area contributed by atoms with Crippen molar-refractivity contribution in [1.29, 1.82) is 0 Å². The minimum atomic E-state index is 0.462. The molecule has 6 nitrogen and oxygen atoms in total. The second-order valence-electron chi connectivity index (χ2n) is 5.51. The minimum Gasteiger partial charge on any atom is -0.486 e. The molecule has 1 aliphatic rings. The Labute approximate surface area is 139 Å². The molecule has 0 unspecified atom stereocenters. The highest BCUT2D eigenvalue weighted by atomic mass is 16.6. The van der Waals surface area contributed by atoms with Gasteiger partial charge in [-0.25, -0.2) is 0 Å². The Morgan fingerprint density at radius 3 is 2.67 bits per heavy atom. The normalized spacial score (nSPS) is 12.9. The first-order valence-electron chi connectivity index (χ1n) is 7.71. The lowest BCUT2D eigenvalue weighted by Gasteiger charge is -2.18. The fourth-order valence-corrected chi connectivity index (χ4v) is 2.76. The van der Waals surface area contributed by atoms with Crippen LogP contribution in [0.5, 0.6) is 17.5 Å². The Bertz CT molecular complexity index is 889. The van der Waals surface area contributed by atoms with Crippen LogP contribution < -0.4 is 14.2 Å². The number of ether oxygens (including phenoxy) is 3. The van der Waals surface area contributed by atoms with Gasteiger partial charge < -0.3 is 19.2 Å². The van der Waals surface area contributed by atoms with E-state index in [1.165, 1.54) is 0 Å². The smallest absolute Gasteiger partial charge is 0.294 e. The highest BCUT2D eigenvalue weighted by molar-refractivity contribution is 5.80. The van der Waals surface area contributed by atoms with Crippen molar-refractivity contribution in [2.24, 2.45) is 0 Å². The molecule has 3 aromatic rings. The van der Waals surface area contributed by atoms with Crippen LogP contribution in [-0.4, -0.2) is 35.3 Å². The molecule has 0 saturated carbocycles. The van der Waals surface area contributed by atoms with Gasteiger partial charge in [0.05, 0.1) is 12.8 Å². The number of fused-ring (bicyclic) bond motifs is 1. The van der Waals surface area contributed by atoms with Crippen molar-refractivity contribution in [1.82, 2.24) is 15.0 Å². The molecule has 0 bridgehead atoms. The number of nitrogens with one attached hydrogen (secondary N) is 1. The summed E-state index contributed by atoms with van der Waals surface area (Å²) in [4.78, 5) is 12.0. The quantitative estimate of drug-likeness (QED) is 0.801. The third-order valence-electron chi connectivity index (χ3n) is 3.88. The number of H-pyrrole nitrogens is 1. The molecule has 1 aliphatic heterocycles. The number of methoxy groups -OCH3 is 1. The van der Waals surface area contributed by atoms with Crippen LogP contribution in [0.3, 0.4) is 0 Å². The Hall–Kier alpha value is -3.02. The van der Waals surface area contributed by atoms with E-state index >= 15 is 0 Å². The summed E-state index contributed by atoms with van der Waals surface area (Å²) in [5.74, 6) is 1.49. The van der Waals surface area contributed by atoms with E-state index in [4.69, 9.17) is 14.2 Å². The van der Waals surface area contributed by atoms with Gasteiger partial charge >= 0.3 is 0 Å². The Balaban J connectivity index is 1.84. The number of nitrogens with zero attached hydrogens (tertiary/aromatic N) is 2. The molecule has 0 aliphatic carbocycles. The van der Waals surface area contributed by atoms with Crippen molar-refractivity contribution in [2.75, 3.05) is 20.3 Å². The summed E-state index contributed by atoms with van der Waals surface area (Å²) >= 11 is 0. The number of rotatable bonds is 3. The molecular formula is C18H17N3O3. The number of aromatic amines is 1. The predicted octanol–water partition coefficient (Wildman–Crippen LogP) is 3.23. The summed E-state index contributed by atoms with van der Waals surface area (Å²) in [7, 11) is 1.59. The lowest BCUT2D eigenvalue weighted by Crippen LogP contribution is -2.15. The molecule has 3 heterocycles.